The molecule has 2 aromatic carbocycles. The summed E-state index contributed by atoms with van der Waals surface area (Å²) in [6.45, 7) is -0.626. The van der Waals surface area contributed by atoms with Crippen molar-refractivity contribution < 1.29 is 23.6 Å². The first kappa shape index (κ1) is 20.5. The fourth-order valence-electron chi connectivity index (χ4n) is 4.14. The van der Waals surface area contributed by atoms with Gasteiger partial charge < -0.3 is 10.6 Å². The number of halogens is 1. The zero-order valence-electron chi connectivity index (χ0n) is 16.6. The molecular formula is C22H21FN4O4. The number of rotatable bonds is 3. The first-order valence-corrected chi connectivity index (χ1v) is 9.98. The summed E-state index contributed by atoms with van der Waals surface area (Å²) in [5.41, 5.74) is 0.423. The number of carbonyl (C=O) groups excluding carboxylic acids is 4. The van der Waals surface area contributed by atoms with Crippen molar-refractivity contribution in [1.29, 1.82) is 0 Å². The van der Waals surface area contributed by atoms with E-state index < -0.39 is 41.8 Å². The average Bonchev–Trinajstić information content (AvgIpc) is 2.88. The molecule has 1 fully saturated rings. The number of nitrogens with zero attached hydrogens (tertiary/aromatic N) is 1. The van der Waals surface area contributed by atoms with Gasteiger partial charge in [-0.2, -0.15) is 0 Å². The number of fused-ring (bicyclic) bond motifs is 2. The summed E-state index contributed by atoms with van der Waals surface area (Å²) in [6.07, 6.45) is 2.86. The highest BCUT2D eigenvalue weighted by Crippen LogP contribution is 2.38. The van der Waals surface area contributed by atoms with Crippen molar-refractivity contribution in [1.82, 2.24) is 15.5 Å². The minimum atomic E-state index is -1.21. The topological polar surface area (TPSA) is 108 Å². The maximum Gasteiger partial charge on any atom is 0.326 e. The molecule has 1 spiro atoms. The molecule has 8 nitrogen and oxygen atoms in total. The van der Waals surface area contributed by atoms with Gasteiger partial charge in [0.05, 0.1) is 5.69 Å². The lowest BCUT2D eigenvalue weighted by Crippen LogP contribution is -2.46. The van der Waals surface area contributed by atoms with Crippen LogP contribution in [0.15, 0.2) is 48.5 Å². The summed E-state index contributed by atoms with van der Waals surface area (Å²) in [5.74, 6) is -2.04. The maximum absolute atomic E-state index is 13.6. The Morgan fingerprint density at radius 2 is 1.81 bits per heavy atom. The Labute approximate surface area is 177 Å². The van der Waals surface area contributed by atoms with Crippen molar-refractivity contribution in [2.45, 2.75) is 31.2 Å². The van der Waals surface area contributed by atoms with Crippen LogP contribution in [0.5, 0.6) is 0 Å². The Kier molecular flexibility index (Phi) is 5.41. The summed E-state index contributed by atoms with van der Waals surface area (Å²) in [7, 11) is 0. The highest BCUT2D eigenvalue weighted by atomic mass is 19.1. The van der Waals surface area contributed by atoms with E-state index in [1.54, 1.807) is 0 Å². The SMILES string of the molecule is O=C(CN1C(=O)NC2(CCCCc3ccccc32)C1=O)NC(=O)Nc1ccccc1F. The van der Waals surface area contributed by atoms with Crippen LogP contribution in [0.2, 0.25) is 0 Å². The summed E-state index contributed by atoms with van der Waals surface area (Å²) in [5, 5.41) is 7.01. The van der Waals surface area contributed by atoms with E-state index in [1.165, 1.54) is 18.2 Å². The highest BCUT2D eigenvalue weighted by molar-refractivity contribution is 6.11. The zero-order valence-corrected chi connectivity index (χ0v) is 16.6. The molecule has 0 radical (unpaired) electrons. The number of benzene rings is 2. The van der Waals surface area contributed by atoms with Crippen LogP contribution in [0.3, 0.4) is 0 Å². The quantitative estimate of drug-likeness (QED) is 0.659. The molecule has 0 bridgehead atoms. The van der Waals surface area contributed by atoms with E-state index in [0.29, 0.717) is 6.42 Å². The van der Waals surface area contributed by atoms with Gasteiger partial charge in [-0.1, -0.05) is 36.4 Å². The van der Waals surface area contributed by atoms with E-state index in [1.807, 2.05) is 29.6 Å². The van der Waals surface area contributed by atoms with Gasteiger partial charge in [-0.05, 0) is 48.9 Å². The van der Waals surface area contributed by atoms with Crippen molar-refractivity contribution in [2.75, 3.05) is 11.9 Å². The second-order valence-corrected chi connectivity index (χ2v) is 7.57. The molecule has 31 heavy (non-hydrogen) atoms. The Morgan fingerprint density at radius 3 is 2.61 bits per heavy atom. The van der Waals surface area contributed by atoms with Crippen LogP contribution in [-0.4, -0.2) is 35.3 Å². The number of nitrogens with one attached hydrogen (secondary N) is 3. The Balaban J connectivity index is 1.47. The van der Waals surface area contributed by atoms with Crippen LogP contribution >= 0.6 is 0 Å². The molecule has 6 amide bonds. The minimum absolute atomic E-state index is 0.100. The molecular weight excluding hydrogens is 403 g/mol. The van der Waals surface area contributed by atoms with Crippen molar-refractivity contribution in [3.8, 4) is 0 Å². The minimum Gasteiger partial charge on any atom is -0.319 e. The van der Waals surface area contributed by atoms with Crippen LogP contribution in [0.1, 0.15) is 30.4 Å². The predicted molar refractivity (Wildman–Crippen MR) is 109 cm³/mol. The van der Waals surface area contributed by atoms with Gasteiger partial charge in [-0.3, -0.25) is 19.8 Å². The van der Waals surface area contributed by atoms with Gasteiger partial charge in [0.15, 0.2) is 0 Å². The molecule has 1 atom stereocenters. The maximum atomic E-state index is 13.6. The molecule has 1 heterocycles. The van der Waals surface area contributed by atoms with E-state index >= 15 is 0 Å². The van der Waals surface area contributed by atoms with Gasteiger partial charge in [0.25, 0.3) is 5.91 Å². The molecule has 0 saturated carbocycles. The number of anilines is 1. The standard InChI is InChI=1S/C22H21FN4O4/c23-16-10-3-4-11-17(16)24-20(30)25-18(28)13-27-19(29)22(26-21(27)31)12-6-5-8-14-7-1-2-9-15(14)22/h1-4,7,9-11H,5-6,8,12-13H2,(H,26,31)(H2,24,25,28,30). The van der Waals surface area contributed by atoms with Crippen molar-refractivity contribution in [3.05, 3.63) is 65.5 Å². The van der Waals surface area contributed by atoms with E-state index in [-0.39, 0.29) is 5.69 Å². The van der Waals surface area contributed by atoms with Crippen molar-refractivity contribution >= 4 is 29.6 Å². The van der Waals surface area contributed by atoms with Crippen molar-refractivity contribution in [3.63, 3.8) is 0 Å². The molecule has 3 N–H and O–H groups in total. The van der Waals surface area contributed by atoms with Gasteiger partial charge in [-0.15, -0.1) is 0 Å². The van der Waals surface area contributed by atoms with E-state index in [0.717, 1.165) is 41.4 Å². The number of amides is 6. The predicted octanol–water partition coefficient (Wildman–Crippen LogP) is 2.65. The molecule has 160 valence electrons. The summed E-state index contributed by atoms with van der Waals surface area (Å²) in [6, 6.07) is 11.3. The monoisotopic (exact) mass is 424 g/mol. The zero-order chi connectivity index (χ0) is 22.0. The van der Waals surface area contributed by atoms with Crippen molar-refractivity contribution in [2.24, 2.45) is 0 Å². The lowest BCUT2D eigenvalue weighted by Gasteiger charge is -2.27. The van der Waals surface area contributed by atoms with Crippen LogP contribution in [0, 0.1) is 5.82 Å². The average molecular weight is 424 g/mol. The molecule has 1 unspecified atom stereocenters. The molecule has 4 rings (SSSR count). The first-order chi connectivity index (χ1) is 14.9. The Hall–Kier alpha value is -3.75. The molecule has 1 aliphatic heterocycles. The van der Waals surface area contributed by atoms with Crippen LogP contribution in [0.25, 0.3) is 0 Å². The van der Waals surface area contributed by atoms with E-state index in [2.05, 4.69) is 10.6 Å². The Morgan fingerprint density at radius 1 is 1.06 bits per heavy atom. The lowest BCUT2D eigenvalue weighted by molar-refractivity contribution is -0.135. The summed E-state index contributed by atoms with van der Waals surface area (Å²) >= 11 is 0. The van der Waals surface area contributed by atoms with Gasteiger partial charge in [0, 0.05) is 0 Å². The second-order valence-electron chi connectivity index (χ2n) is 7.57. The number of imide groups is 2. The number of para-hydroxylation sites is 1. The summed E-state index contributed by atoms with van der Waals surface area (Å²) < 4.78 is 13.6. The molecule has 2 aliphatic rings. The summed E-state index contributed by atoms with van der Waals surface area (Å²) in [4.78, 5) is 51.0. The third-order valence-electron chi connectivity index (χ3n) is 5.58. The lowest BCUT2D eigenvalue weighted by atomic mass is 9.84. The third-order valence-corrected chi connectivity index (χ3v) is 5.58. The smallest absolute Gasteiger partial charge is 0.319 e. The molecule has 1 saturated heterocycles. The molecule has 1 aliphatic carbocycles. The third kappa shape index (κ3) is 3.86. The molecule has 9 heteroatoms. The Bertz CT molecular complexity index is 1070. The van der Waals surface area contributed by atoms with Gasteiger partial charge in [-0.25, -0.2) is 14.0 Å². The fourth-order valence-corrected chi connectivity index (χ4v) is 4.14. The van der Waals surface area contributed by atoms with Gasteiger partial charge in [0.2, 0.25) is 5.91 Å². The number of carbonyl (C=O) groups is 4. The molecule has 2 aromatic rings. The highest BCUT2D eigenvalue weighted by Gasteiger charge is 2.53. The van der Waals surface area contributed by atoms with Gasteiger partial charge >= 0.3 is 12.1 Å². The van der Waals surface area contributed by atoms with Crippen LogP contribution < -0.4 is 16.0 Å². The van der Waals surface area contributed by atoms with E-state index in [9.17, 15) is 23.6 Å². The largest absolute Gasteiger partial charge is 0.326 e. The molecule has 0 aromatic heterocycles. The van der Waals surface area contributed by atoms with E-state index in [4.69, 9.17) is 0 Å². The van der Waals surface area contributed by atoms with Crippen LogP contribution in [0.4, 0.5) is 19.7 Å². The normalized spacial score (nSPS) is 20.1. The number of aryl methyl sites for hydroxylation is 1. The fraction of sp³-hybridized carbons (Fsp3) is 0.273. The number of hydrogen-bond acceptors (Lipinski definition) is 4. The van der Waals surface area contributed by atoms with Gasteiger partial charge in [0.1, 0.15) is 17.9 Å². The number of urea groups is 2. The second kappa shape index (κ2) is 8.17. The van der Waals surface area contributed by atoms with Crippen LogP contribution in [-0.2, 0) is 21.5 Å². The number of hydrogen-bond donors (Lipinski definition) is 3. The first-order valence-electron chi connectivity index (χ1n) is 9.98.